The summed E-state index contributed by atoms with van der Waals surface area (Å²) in [5.41, 5.74) is 8.68. The quantitative estimate of drug-likeness (QED) is 0.924. The predicted molar refractivity (Wildman–Crippen MR) is 72.5 cm³/mol. The molecule has 1 unspecified atom stereocenters. The Balaban J connectivity index is 1.95. The van der Waals surface area contributed by atoms with Crippen LogP contribution in [-0.4, -0.2) is 13.7 Å². The molecule has 0 spiro atoms. The van der Waals surface area contributed by atoms with Gasteiger partial charge in [0.15, 0.2) is 0 Å². The van der Waals surface area contributed by atoms with Crippen molar-refractivity contribution in [1.29, 1.82) is 0 Å². The van der Waals surface area contributed by atoms with Crippen LogP contribution < -0.4 is 15.2 Å². The van der Waals surface area contributed by atoms with Crippen molar-refractivity contribution in [2.24, 2.45) is 5.73 Å². The lowest BCUT2D eigenvalue weighted by molar-refractivity contribution is 0.357. The van der Waals surface area contributed by atoms with Crippen molar-refractivity contribution in [2.75, 3.05) is 13.7 Å². The average Bonchev–Trinajstić information content (AvgIpc) is 3.05. The smallest absolute Gasteiger partial charge is 0.134 e. The van der Waals surface area contributed by atoms with Gasteiger partial charge in [-0.1, -0.05) is 12.1 Å². The van der Waals surface area contributed by atoms with Crippen LogP contribution in [0.1, 0.15) is 22.0 Å². The Kier molecular flexibility index (Phi) is 2.97. The van der Waals surface area contributed by atoms with Gasteiger partial charge in [-0.25, -0.2) is 0 Å². The molecular weight excluding hydrogens is 246 g/mol. The largest absolute Gasteiger partial charge is 0.496 e. The summed E-state index contributed by atoms with van der Waals surface area (Å²) < 4.78 is 10.8. The molecule has 0 fully saturated rings. The van der Waals surface area contributed by atoms with Crippen LogP contribution in [0.4, 0.5) is 0 Å². The summed E-state index contributed by atoms with van der Waals surface area (Å²) in [6.07, 6.45) is 0.970. The van der Waals surface area contributed by atoms with Crippen LogP contribution in [0.3, 0.4) is 0 Å². The lowest BCUT2D eigenvalue weighted by Gasteiger charge is -2.13. The molecule has 0 saturated carbocycles. The van der Waals surface area contributed by atoms with Gasteiger partial charge in [0.05, 0.1) is 24.6 Å². The molecule has 2 aromatic rings. The zero-order valence-corrected chi connectivity index (χ0v) is 11.0. The van der Waals surface area contributed by atoms with Crippen molar-refractivity contribution >= 4 is 11.3 Å². The lowest BCUT2D eigenvalue weighted by atomic mass is 10.0. The van der Waals surface area contributed by atoms with Gasteiger partial charge in [0.2, 0.25) is 0 Å². The third-order valence-corrected chi connectivity index (χ3v) is 4.21. The second kappa shape index (κ2) is 4.63. The van der Waals surface area contributed by atoms with Crippen molar-refractivity contribution < 1.29 is 9.47 Å². The van der Waals surface area contributed by atoms with Crippen LogP contribution in [0.5, 0.6) is 11.5 Å². The van der Waals surface area contributed by atoms with Crippen LogP contribution in [0, 0.1) is 0 Å². The van der Waals surface area contributed by atoms with Gasteiger partial charge in [-0.3, -0.25) is 0 Å². The van der Waals surface area contributed by atoms with Gasteiger partial charge in [0.25, 0.3) is 0 Å². The third kappa shape index (κ3) is 1.87. The number of hydrogen-bond acceptors (Lipinski definition) is 4. The third-order valence-electron chi connectivity index (χ3n) is 3.23. The van der Waals surface area contributed by atoms with Gasteiger partial charge >= 0.3 is 0 Å². The number of thiophene rings is 1. The zero-order valence-electron chi connectivity index (χ0n) is 10.2. The van der Waals surface area contributed by atoms with E-state index in [2.05, 4.69) is 6.07 Å². The highest BCUT2D eigenvalue weighted by Crippen LogP contribution is 2.35. The van der Waals surface area contributed by atoms with Crippen LogP contribution in [0.2, 0.25) is 0 Å². The Morgan fingerprint density at radius 2 is 2.28 bits per heavy atom. The average molecular weight is 261 g/mol. The normalized spacial score (nSPS) is 15.0. The first kappa shape index (κ1) is 11.6. The fourth-order valence-electron chi connectivity index (χ4n) is 2.26. The van der Waals surface area contributed by atoms with E-state index in [4.69, 9.17) is 15.2 Å². The highest BCUT2D eigenvalue weighted by atomic mass is 32.1. The zero-order chi connectivity index (χ0) is 12.5. The van der Waals surface area contributed by atoms with Crippen LogP contribution in [0.25, 0.3) is 0 Å². The first-order valence-electron chi connectivity index (χ1n) is 5.92. The first-order valence-corrected chi connectivity index (χ1v) is 6.80. The summed E-state index contributed by atoms with van der Waals surface area (Å²) in [6.45, 7) is 0.774. The number of ether oxygens (including phenoxy) is 2. The Hall–Kier alpha value is -1.52. The maximum absolute atomic E-state index is 6.32. The van der Waals surface area contributed by atoms with Gasteiger partial charge in [-0.2, -0.15) is 0 Å². The molecule has 3 nitrogen and oxygen atoms in total. The lowest BCUT2D eigenvalue weighted by Crippen LogP contribution is -2.11. The summed E-state index contributed by atoms with van der Waals surface area (Å²) in [5.74, 6) is 1.85. The van der Waals surface area contributed by atoms with Gasteiger partial charge in [0, 0.05) is 6.42 Å². The Bertz CT molecular complexity index is 565. The van der Waals surface area contributed by atoms with E-state index in [-0.39, 0.29) is 6.04 Å². The molecule has 1 atom stereocenters. The van der Waals surface area contributed by atoms with E-state index < -0.39 is 0 Å². The monoisotopic (exact) mass is 261 g/mol. The molecule has 4 heteroatoms. The molecular formula is C14H15NO2S. The molecule has 2 N–H and O–H groups in total. The summed E-state index contributed by atoms with van der Waals surface area (Å²) in [4.78, 5) is 1.07. The fourth-order valence-corrected chi connectivity index (χ4v) is 3.14. The SMILES string of the molecule is COc1ccsc1C(N)c1ccc2c(c1)CCO2. The number of fused-ring (bicyclic) bond motifs is 1. The summed E-state index contributed by atoms with van der Waals surface area (Å²) in [6, 6.07) is 8.01. The molecule has 18 heavy (non-hydrogen) atoms. The van der Waals surface area contributed by atoms with Crippen molar-refractivity contribution in [3.8, 4) is 11.5 Å². The number of benzene rings is 1. The molecule has 0 aliphatic carbocycles. The first-order chi connectivity index (χ1) is 8.79. The Morgan fingerprint density at radius 1 is 1.39 bits per heavy atom. The second-order valence-electron chi connectivity index (χ2n) is 4.30. The van der Waals surface area contributed by atoms with Crippen LogP contribution >= 0.6 is 11.3 Å². The molecule has 1 aromatic carbocycles. The molecule has 0 amide bonds. The molecule has 2 heterocycles. The maximum Gasteiger partial charge on any atom is 0.134 e. The topological polar surface area (TPSA) is 44.5 Å². The molecule has 3 rings (SSSR count). The molecule has 0 saturated heterocycles. The van der Waals surface area contributed by atoms with E-state index in [0.717, 1.165) is 35.0 Å². The standard InChI is InChI=1S/C14H15NO2S/c1-16-12-5-7-18-14(12)13(15)10-2-3-11-9(8-10)4-6-17-11/h2-3,5,7-8,13H,4,6,15H2,1H3. The van der Waals surface area contributed by atoms with Crippen molar-refractivity contribution in [3.05, 3.63) is 45.6 Å². The number of rotatable bonds is 3. The van der Waals surface area contributed by atoms with Gasteiger partial charge in [0.1, 0.15) is 11.5 Å². The summed E-state index contributed by atoms with van der Waals surface area (Å²) in [7, 11) is 1.68. The van der Waals surface area contributed by atoms with E-state index in [1.807, 2.05) is 23.6 Å². The van der Waals surface area contributed by atoms with Crippen molar-refractivity contribution in [3.63, 3.8) is 0 Å². The minimum atomic E-state index is -0.133. The molecule has 1 aliphatic rings. The predicted octanol–water partition coefficient (Wildman–Crippen LogP) is 2.74. The maximum atomic E-state index is 6.32. The van der Waals surface area contributed by atoms with Crippen molar-refractivity contribution in [1.82, 2.24) is 0 Å². The highest BCUT2D eigenvalue weighted by Gasteiger charge is 2.19. The molecule has 0 radical (unpaired) electrons. The van der Waals surface area contributed by atoms with Crippen LogP contribution in [0.15, 0.2) is 29.6 Å². The Labute approximate surface area is 110 Å². The number of nitrogens with two attached hydrogens (primary N) is 1. The van der Waals surface area contributed by atoms with E-state index in [9.17, 15) is 0 Å². The fraction of sp³-hybridized carbons (Fsp3) is 0.286. The van der Waals surface area contributed by atoms with E-state index in [0.29, 0.717) is 0 Å². The summed E-state index contributed by atoms with van der Waals surface area (Å²) >= 11 is 1.63. The van der Waals surface area contributed by atoms with E-state index in [1.165, 1.54) is 5.56 Å². The Morgan fingerprint density at radius 3 is 3.11 bits per heavy atom. The number of methoxy groups -OCH3 is 1. The molecule has 1 aromatic heterocycles. The summed E-state index contributed by atoms with van der Waals surface area (Å²) in [5, 5.41) is 2.00. The van der Waals surface area contributed by atoms with Gasteiger partial charge in [-0.15, -0.1) is 11.3 Å². The van der Waals surface area contributed by atoms with E-state index >= 15 is 0 Å². The van der Waals surface area contributed by atoms with Crippen molar-refractivity contribution in [2.45, 2.75) is 12.5 Å². The minimum Gasteiger partial charge on any atom is -0.496 e. The highest BCUT2D eigenvalue weighted by molar-refractivity contribution is 7.10. The second-order valence-corrected chi connectivity index (χ2v) is 5.24. The van der Waals surface area contributed by atoms with Crippen LogP contribution in [-0.2, 0) is 6.42 Å². The van der Waals surface area contributed by atoms with E-state index in [1.54, 1.807) is 18.4 Å². The minimum absolute atomic E-state index is 0.133. The molecule has 1 aliphatic heterocycles. The number of hydrogen-bond donors (Lipinski definition) is 1. The molecule has 0 bridgehead atoms. The van der Waals surface area contributed by atoms with Gasteiger partial charge < -0.3 is 15.2 Å². The van der Waals surface area contributed by atoms with Gasteiger partial charge in [-0.05, 0) is 28.6 Å². The molecule has 94 valence electrons.